The summed E-state index contributed by atoms with van der Waals surface area (Å²) in [5.41, 5.74) is -1.93. The number of nitrogens with zero attached hydrogens (tertiary/aromatic N) is 5. The molecule has 8 nitrogen and oxygen atoms in total. The number of allylic oxidation sites excluding steroid dienone is 1. The molecule has 0 unspecified atom stereocenters. The fraction of sp³-hybridized carbons (Fsp3) is 0.312. The van der Waals surface area contributed by atoms with E-state index in [-0.39, 0.29) is 30.9 Å². The number of rotatable bonds is 5. The number of piperidine rings is 1. The fourth-order valence-corrected chi connectivity index (χ4v) is 7.87. The molecule has 1 aliphatic carbocycles. The molecule has 5 rings (SSSR count). The van der Waals surface area contributed by atoms with Crippen molar-refractivity contribution < 1.29 is 13.2 Å². The monoisotopic (exact) mass is 561 g/mol. The van der Waals surface area contributed by atoms with Gasteiger partial charge in [0.05, 0.1) is 47.6 Å². The van der Waals surface area contributed by atoms with Gasteiger partial charge < -0.3 is 4.74 Å². The molecular formula is C32H27N5O3S. The van der Waals surface area contributed by atoms with E-state index in [1.807, 2.05) is 61.5 Å². The number of hydrogen-bond donors (Lipinski definition) is 0. The number of ether oxygens (including phenoxy) is 1. The smallest absolute Gasteiger partial charge is 0.243 e. The average Bonchev–Trinajstić information content (AvgIpc) is 3.00. The van der Waals surface area contributed by atoms with E-state index < -0.39 is 32.8 Å². The summed E-state index contributed by atoms with van der Waals surface area (Å²) in [5.74, 6) is -0.622. The summed E-state index contributed by atoms with van der Waals surface area (Å²) in [6.45, 7) is 3.69. The molecule has 0 aromatic heterocycles. The molecule has 2 atom stereocenters. The van der Waals surface area contributed by atoms with Crippen molar-refractivity contribution in [1.82, 2.24) is 4.31 Å². The number of fused-ring (bicyclic) bond motifs is 2. The molecule has 41 heavy (non-hydrogen) atoms. The Morgan fingerprint density at radius 2 is 1.59 bits per heavy atom. The van der Waals surface area contributed by atoms with Crippen LogP contribution in [0.2, 0.25) is 0 Å². The highest BCUT2D eigenvalue weighted by molar-refractivity contribution is 7.89. The Labute approximate surface area is 240 Å². The first-order valence-corrected chi connectivity index (χ1v) is 14.7. The zero-order valence-electron chi connectivity index (χ0n) is 22.7. The lowest BCUT2D eigenvalue weighted by atomic mass is 9.51. The van der Waals surface area contributed by atoms with Crippen LogP contribution < -0.4 is 0 Å². The maximum Gasteiger partial charge on any atom is 0.243 e. The Bertz CT molecular complexity index is 1800. The lowest BCUT2D eigenvalue weighted by Crippen LogP contribution is -2.54. The van der Waals surface area contributed by atoms with Gasteiger partial charge in [-0.2, -0.15) is 25.4 Å². The van der Waals surface area contributed by atoms with Gasteiger partial charge in [-0.15, -0.1) is 0 Å². The molecule has 0 N–H and O–H groups in total. The molecule has 3 aromatic rings. The van der Waals surface area contributed by atoms with Crippen molar-refractivity contribution in [2.45, 2.75) is 37.6 Å². The van der Waals surface area contributed by atoms with Gasteiger partial charge in [-0.1, -0.05) is 60.2 Å². The maximum absolute atomic E-state index is 14.3. The van der Waals surface area contributed by atoms with Gasteiger partial charge in [-0.25, -0.2) is 8.42 Å². The molecule has 3 aromatic carbocycles. The highest BCUT2D eigenvalue weighted by Crippen LogP contribution is 2.60. The van der Waals surface area contributed by atoms with Crippen LogP contribution in [0.3, 0.4) is 0 Å². The summed E-state index contributed by atoms with van der Waals surface area (Å²) < 4.78 is 36.0. The third kappa shape index (κ3) is 4.14. The molecule has 204 valence electrons. The zero-order valence-corrected chi connectivity index (χ0v) is 23.5. The number of hydrogen-bond acceptors (Lipinski definition) is 7. The highest BCUT2D eigenvalue weighted by atomic mass is 32.2. The van der Waals surface area contributed by atoms with E-state index in [2.05, 4.69) is 12.1 Å². The average molecular weight is 562 g/mol. The van der Waals surface area contributed by atoms with Gasteiger partial charge in [-0.3, -0.25) is 0 Å². The van der Waals surface area contributed by atoms with Crippen LogP contribution >= 0.6 is 0 Å². The highest BCUT2D eigenvalue weighted by Gasteiger charge is 2.65. The molecule has 0 radical (unpaired) electrons. The topological polar surface area (TPSA) is 142 Å². The van der Waals surface area contributed by atoms with Crippen LogP contribution in [0.1, 0.15) is 36.9 Å². The number of benzene rings is 3. The van der Waals surface area contributed by atoms with Crippen LogP contribution in [0.4, 0.5) is 0 Å². The van der Waals surface area contributed by atoms with Crippen LogP contribution in [0.25, 0.3) is 10.8 Å². The molecule has 9 heteroatoms. The van der Waals surface area contributed by atoms with Crippen molar-refractivity contribution in [2.24, 2.45) is 16.7 Å². The first-order valence-electron chi connectivity index (χ1n) is 13.3. The second-order valence-electron chi connectivity index (χ2n) is 10.5. The van der Waals surface area contributed by atoms with Crippen molar-refractivity contribution in [3.63, 3.8) is 0 Å². The van der Waals surface area contributed by atoms with Crippen molar-refractivity contribution in [3.05, 3.63) is 89.2 Å². The molecule has 0 saturated carbocycles. The summed E-state index contributed by atoms with van der Waals surface area (Å²) in [4.78, 5) is 0.122. The SMILES string of the molecule is CCOC1=C2CN(S(=O)(=O)c3ccc(C)cc3)[C@H](c3cccc4ccccc34)C[C@H]2C(C#N)(C#N)C(C#N)(C#N)C1. The summed E-state index contributed by atoms with van der Waals surface area (Å²) in [5, 5.41) is 43.2. The second kappa shape index (κ2) is 10.4. The Kier molecular flexibility index (Phi) is 7.06. The largest absolute Gasteiger partial charge is 0.498 e. The van der Waals surface area contributed by atoms with E-state index in [1.165, 1.54) is 4.31 Å². The van der Waals surface area contributed by atoms with E-state index in [0.29, 0.717) is 16.9 Å². The van der Waals surface area contributed by atoms with Gasteiger partial charge in [0.2, 0.25) is 10.0 Å². The van der Waals surface area contributed by atoms with Gasteiger partial charge in [0.1, 0.15) is 0 Å². The first kappa shape index (κ1) is 27.9. The Morgan fingerprint density at radius 1 is 0.927 bits per heavy atom. The van der Waals surface area contributed by atoms with Crippen LogP contribution in [-0.2, 0) is 14.8 Å². The van der Waals surface area contributed by atoms with Crippen molar-refractivity contribution in [3.8, 4) is 24.3 Å². The van der Waals surface area contributed by atoms with E-state index in [9.17, 15) is 29.5 Å². The first-order chi connectivity index (χ1) is 19.7. The minimum atomic E-state index is -4.08. The van der Waals surface area contributed by atoms with E-state index >= 15 is 0 Å². The number of nitriles is 4. The summed E-state index contributed by atoms with van der Waals surface area (Å²) >= 11 is 0. The molecule has 1 aliphatic heterocycles. The molecule has 2 aliphatic rings. The Balaban J connectivity index is 1.80. The van der Waals surface area contributed by atoms with Crippen molar-refractivity contribution >= 4 is 20.8 Å². The number of sulfonamides is 1. The molecule has 0 bridgehead atoms. The summed E-state index contributed by atoms with van der Waals surface area (Å²) in [6.07, 6.45) is -0.268. The lowest BCUT2D eigenvalue weighted by molar-refractivity contribution is 0.0821. The third-order valence-corrected chi connectivity index (χ3v) is 10.3. The minimum Gasteiger partial charge on any atom is -0.498 e. The molecule has 1 fully saturated rings. The van der Waals surface area contributed by atoms with E-state index in [4.69, 9.17) is 4.74 Å². The molecular weight excluding hydrogens is 534 g/mol. The van der Waals surface area contributed by atoms with Gasteiger partial charge in [-0.05, 0) is 54.3 Å². The number of aryl methyl sites for hydroxylation is 1. The van der Waals surface area contributed by atoms with Crippen molar-refractivity contribution in [2.75, 3.05) is 13.2 Å². The van der Waals surface area contributed by atoms with Gasteiger partial charge in [0.15, 0.2) is 10.8 Å². The fourth-order valence-electron chi connectivity index (χ4n) is 6.27. The lowest BCUT2D eigenvalue weighted by Gasteiger charge is -2.50. The molecule has 0 spiro atoms. The third-order valence-electron chi connectivity index (χ3n) is 8.40. The maximum atomic E-state index is 14.3. The van der Waals surface area contributed by atoms with E-state index in [0.717, 1.165) is 16.3 Å². The van der Waals surface area contributed by atoms with Crippen LogP contribution in [0, 0.1) is 69.0 Å². The predicted molar refractivity (Wildman–Crippen MR) is 150 cm³/mol. The molecule has 1 heterocycles. The minimum absolute atomic E-state index is 0.0111. The quantitative estimate of drug-likeness (QED) is 0.391. The summed E-state index contributed by atoms with van der Waals surface area (Å²) in [7, 11) is -4.08. The summed E-state index contributed by atoms with van der Waals surface area (Å²) in [6, 6.07) is 27.2. The second-order valence-corrected chi connectivity index (χ2v) is 12.3. The standard InChI is InChI=1S/C32H27N5O3S/c1-3-40-30-16-31(18-33,19-34)32(20-35,21-36)28-15-29(26-10-6-8-23-7-4-5-9-25(23)26)37(17-27(28)30)41(38,39)24-13-11-22(2)12-14-24/h4-14,28-29H,3,15-17H2,1-2H3/t28-,29+/m1/s1. The zero-order chi connectivity index (χ0) is 29.4. The van der Waals surface area contributed by atoms with Crippen LogP contribution in [-0.4, -0.2) is 25.9 Å². The van der Waals surface area contributed by atoms with Gasteiger partial charge >= 0.3 is 0 Å². The Hall–Kier alpha value is -4.67. The van der Waals surface area contributed by atoms with Crippen LogP contribution in [0.15, 0.2) is 83.0 Å². The molecule has 1 saturated heterocycles. The van der Waals surface area contributed by atoms with Crippen LogP contribution in [0.5, 0.6) is 0 Å². The molecule has 0 amide bonds. The predicted octanol–water partition coefficient (Wildman–Crippen LogP) is 5.66. The van der Waals surface area contributed by atoms with Crippen molar-refractivity contribution in [1.29, 1.82) is 21.0 Å². The van der Waals surface area contributed by atoms with E-state index in [1.54, 1.807) is 31.2 Å². The normalized spacial score (nSPS) is 21.5. The van der Waals surface area contributed by atoms with Gasteiger partial charge in [0.25, 0.3) is 0 Å². The Morgan fingerprint density at radius 3 is 2.22 bits per heavy atom. The van der Waals surface area contributed by atoms with Gasteiger partial charge in [0, 0.05) is 18.9 Å².